The van der Waals surface area contributed by atoms with Gasteiger partial charge in [-0.1, -0.05) is 34.8 Å². The number of hydrogen-bond acceptors (Lipinski definition) is 3. The molecule has 1 aliphatic heterocycles. The van der Waals surface area contributed by atoms with Crippen molar-refractivity contribution in [3.8, 4) is 0 Å². The van der Waals surface area contributed by atoms with Gasteiger partial charge in [0.05, 0.1) is 27.9 Å². The summed E-state index contributed by atoms with van der Waals surface area (Å²) in [7, 11) is 0. The fourth-order valence-electron chi connectivity index (χ4n) is 1.65. The summed E-state index contributed by atoms with van der Waals surface area (Å²) in [5.41, 5.74) is -0.227. The number of carbonyl (C=O) groups is 2. The van der Waals surface area contributed by atoms with Crippen LogP contribution in [-0.2, 0) is 9.59 Å². The molecule has 1 aromatic carbocycles. The van der Waals surface area contributed by atoms with Crippen molar-refractivity contribution < 1.29 is 44.3 Å². The Morgan fingerprint density at radius 2 is 1.68 bits per heavy atom. The fraction of sp³-hybridized carbons (Fsp3) is 0.0909. The Morgan fingerprint density at radius 1 is 1.16 bits per heavy atom. The second-order valence-electron chi connectivity index (χ2n) is 3.56. The van der Waals surface area contributed by atoms with Crippen molar-refractivity contribution in [2.45, 2.75) is 0 Å². The molecule has 8 heteroatoms. The Kier molecular flexibility index (Phi) is 5.74. The van der Waals surface area contributed by atoms with E-state index in [2.05, 4.69) is 0 Å². The first kappa shape index (κ1) is 16.8. The first-order valence-electron chi connectivity index (χ1n) is 4.77. The Morgan fingerprint density at radius 3 is 2.11 bits per heavy atom. The van der Waals surface area contributed by atoms with Gasteiger partial charge in [0.25, 0.3) is 5.91 Å². The number of anilines is 1. The molecule has 0 spiro atoms. The number of nitrogens with zero attached hydrogens (tertiary/aromatic N) is 1. The summed E-state index contributed by atoms with van der Waals surface area (Å²) in [6.07, 6.45) is 0.238. The molecule has 0 N–H and O–H groups in total. The number of Topliss-reactive ketones (excluding diaryl/α,β-unsaturated/α-hetero) is 1. The third-order valence-corrected chi connectivity index (χ3v) is 3.24. The smallest absolute Gasteiger partial charge is 0.877 e. The van der Waals surface area contributed by atoms with Gasteiger partial charge >= 0.3 is 29.6 Å². The molecule has 1 aromatic rings. The molecule has 0 saturated carbocycles. The zero-order valence-corrected chi connectivity index (χ0v) is 14.0. The first-order valence-corrected chi connectivity index (χ1v) is 5.91. The van der Waals surface area contributed by atoms with Crippen LogP contribution in [0.3, 0.4) is 0 Å². The molecule has 0 aliphatic carbocycles. The minimum Gasteiger partial charge on any atom is -0.877 e. The number of halogens is 3. The molecule has 1 saturated heterocycles. The van der Waals surface area contributed by atoms with Crippen LogP contribution in [0.1, 0.15) is 0 Å². The summed E-state index contributed by atoms with van der Waals surface area (Å²) >= 11 is 17.6. The molecule has 1 aliphatic rings. The molecule has 1 amide bonds. The van der Waals surface area contributed by atoms with Crippen LogP contribution >= 0.6 is 34.8 Å². The van der Waals surface area contributed by atoms with Crippen LogP contribution in [0.25, 0.3) is 0 Å². The normalized spacial score (nSPS) is 17.0. The van der Waals surface area contributed by atoms with Crippen LogP contribution in [0.15, 0.2) is 24.0 Å². The molecule has 19 heavy (non-hydrogen) atoms. The Hall–Kier alpha value is -0.230. The summed E-state index contributed by atoms with van der Waals surface area (Å²) in [4.78, 5) is 24.3. The number of ketones is 1. The largest absolute Gasteiger partial charge is 1.00 e. The second kappa shape index (κ2) is 6.48. The van der Waals surface area contributed by atoms with Gasteiger partial charge in [0.2, 0.25) is 0 Å². The van der Waals surface area contributed by atoms with Gasteiger partial charge in [-0.2, -0.15) is 0 Å². The van der Waals surface area contributed by atoms with Crippen LogP contribution in [-0.4, -0.2) is 18.2 Å². The molecule has 94 valence electrons. The molecule has 1 fully saturated rings. The van der Waals surface area contributed by atoms with Crippen molar-refractivity contribution in [3.05, 3.63) is 39.0 Å². The molecule has 0 bridgehead atoms. The van der Waals surface area contributed by atoms with E-state index in [1.165, 1.54) is 12.1 Å². The van der Waals surface area contributed by atoms with Gasteiger partial charge < -0.3 is 5.11 Å². The molecule has 0 atom stereocenters. The van der Waals surface area contributed by atoms with E-state index in [0.717, 1.165) is 4.90 Å². The zero-order chi connectivity index (χ0) is 13.4. The van der Waals surface area contributed by atoms with Crippen LogP contribution in [0.4, 0.5) is 5.69 Å². The van der Waals surface area contributed by atoms with Gasteiger partial charge in [-0.05, 0) is 12.1 Å². The van der Waals surface area contributed by atoms with Crippen molar-refractivity contribution >= 4 is 52.2 Å². The first-order chi connectivity index (χ1) is 8.45. The molecule has 2 rings (SSSR count). The van der Waals surface area contributed by atoms with Crippen molar-refractivity contribution in [2.24, 2.45) is 0 Å². The number of carbonyl (C=O) groups excluding carboxylic acids is 2. The molecule has 0 radical (unpaired) electrons. The number of benzene rings is 1. The van der Waals surface area contributed by atoms with E-state index < -0.39 is 17.3 Å². The van der Waals surface area contributed by atoms with Crippen LogP contribution in [0.5, 0.6) is 0 Å². The maximum atomic E-state index is 11.8. The molecular weight excluding hydrogens is 323 g/mol. The van der Waals surface area contributed by atoms with Crippen LogP contribution in [0, 0.1) is 0 Å². The third kappa shape index (κ3) is 3.10. The minimum atomic E-state index is -0.707. The molecule has 4 nitrogen and oxygen atoms in total. The van der Waals surface area contributed by atoms with Gasteiger partial charge in [-0.25, -0.2) is 0 Å². The fourth-order valence-corrected chi connectivity index (χ4v) is 2.68. The number of rotatable bonds is 1. The van der Waals surface area contributed by atoms with E-state index in [1.54, 1.807) is 0 Å². The third-order valence-electron chi connectivity index (χ3n) is 2.45. The summed E-state index contributed by atoms with van der Waals surface area (Å²) < 4.78 is 0. The standard InChI is InChI=1S/C11H6Cl3NO3.Na/c12-5-1-7(13)10(8(14)2-5)15-3-9(17)6(4-16)11(15)18;/h1-2,4,16H,3H2;/q;+1/p-1/b6-4+;. The summed E-state index contributed by atoms with van der Waals surface area (Å²) in [5.74, 6) is -1.27. The molecular formula is C11H5Cl3NNaO3. The molecule has 1 heterocycles. The average molecular weight is 329 g/mol. The van der Waals surface area contributed by atoms with E-state index in [9.17, 15) is 14.7 Å². The predicted octanol–water partition coefficient (Wildman–Crippen LogP) is -1.19. The van der Waals surface area contributed by atoms with Crippen molar-refractivity contribution in [1.82, 2.24) is 0 Å². The van der Waals surface area contributed by atoms with Crippen molar-refractivity contribution in [1.29, 1.82) is 0 Å². The van der Waals surface area contributed by atoms with Gasteiger partial charge in [-0.3, -0.25) is 14.5 Å². The van der Waals surface area contributed by atoms with Crippen molar-refractivity contribution in [3.63, 3.8) is 0 Å². The monoisotopic (exact) mass is 327 g/mol. The Labute approximate surface area is 146 Å². The van der Waals surface area contributed by atoms with Gasteiger partial charge in [0.15, 0.2) is 5.78 Å². The number of amides is 1. The van der Waals surface area contributed by atoms with Crippen LogP contribution < -0.4 is 39.6 Å². The quantitative estimate of drug-likeness (QED) is 0.282. The molecule has 0 aromatic heterocycles. The van der Waals surface area contributed by atoms with Gasteiger partial charge in [-0.15, -0.1) is 6.26 Å². The average Bonchev–Trinajstić information content (AvgIpc) is 2.53. The Balaban J connectivity index is 0.00000180. The topological polar surface area (TPSA) is 60.4 Å². The Bertz CT molecular complexity index is 566. The van der Waals surface area contributed by atoms with E-state index >= 15 is 0 Å². The maximum absolute atomic E-state index is 11.8. The summed E-state index contributed by atoms with van der Waals surface area (Å²) in [6, 6.07) is 2.81. The number of hydrogen-bond donors (Lipinski definition) is 0. The van der Waals surface area contributed by atoms with Crippen molar-refractivity contribution in [2.75, 3.05) is 11.4 Å². The van der Waals surface area contributed by atoms with Crippen LogP contribution in [0.2, 0.25) is 15.1 Å². The van der Waals surface area contributed by atoms with E-state index in [-0.39, 0.29) is 58.1 Å². The minimum absolute atomic E-state index is 0. The van der Waals surface area contributed by atoms with Gasteiger partial charge in [0.1, 0.15) is 0 Å². The maximum Gasteiger partial charge on any atom is 1.00 e. The summed E-state index contributed by atoms with van der Waals surface area (Å²) in [6.45, 7) is -0.256. The van der Waals surface area contributed by atoms with E-state index in [4.69, 9.17) is 34.8 Å². The predicted molar refractivity (Wildman–Crippen MR) is 66.9 cm³/mol. The SMILES string of the molecule is O=C1CN(c2c(Cl)cc(Cl)cc2Cl)C(=O)/C1=C/[O-].[Na+]. The summed E-state index contributed by atoms with van der Waals surface area (Å²) in [5, 5.41) is 11.2. The van der Waals surface area contributed by atoms with Gasteiger partial charge in [0, 0.05) is 5.02 Å². The van der Waals surface area contributed by atoms with E-state index in [0.29, 0.717) is 5.02 Å². The zero-order valence-electron chi connectivity index (χ0n) is 9.75. The molecule has 0 unspecified atom stereocenters. The van der Waals surface area contributed by atoms with E-state index in [1.807, 2.05) is 0 Å². The second-order valence-corrected chi connectivity index (χ2v) is 4.81.